The second-order valence-electron chi connectivity index (χ2n) is 5.88. The number of hydrogen-bond acceptors (Lipinski definition) is 4. The van der Waals surface area contributed by atoms with E-state index in [0.29, 0.717) is 29.4 Å². The van der Waals surface area contributed by atoms with E-state index in [2.05, 4.69) is 10.6 Å². The van der Waals surface area contributed by atoms with Gasteiger partial charge in [-0.15, -0.1) is 0 Å². The average molecular weight is 376 g/mol. The van der Waals surface area contributed by atoms with E-state index >= 15 is 0 Å². The molecule has 2 N–H and O–H groups in total. The Bertz CT molecular complexity index is 772. The first-order valence-electron chi connectivity index (χ1n) is 8.38. The highest BCUT2D eigenvalue weighted by Gasteiger charge is 2.16. The average Bonchev–Trinajstić information content (AvgIpc) is 3.10. The highest BCUT2D eigenvalue weighted by molar-refractivity contribution is 7.98. The minimum atomic E-state index is -0.235. The molecule has 0 spiro atoms. The number of carbonyl (C=O) groups excluding carboxylic acids is 1. The van der Waals surface area contributed by atoms with Crippen LogP contribution in [0.25, 0.3) is 0 Å². The topological polar surface area (TPSA) is 59.6 Å². The molecule has 1 atom stereocenters. The lowest BCUT2D eigenvalue weighted by molar-refractivity contribution is 0.174. The Balaban J connectivity index is 1.37. The molecule has 1 aliphatic rings. The van der Waals surface area contributed by atoms with Crippen molar-refractivity contribution in [3.63, 3.8) is 0 Å². The molecule has 2 amide bonds. The summed E-state index contributed by atoms with van der Waals surface area (Å²) in [5.74, 6) is 2.52. The molecule has 3 rings (SSSR count). The van der Waals surface area contributed by atoms with Gasteiger partial charge < -0.3 is 20.1 Å². The molecule has 1 aliphatic heterocycles. The number of halogens is 1. The predicted molar refractivity (Wildman–Crippen MR) is 100 cm³/mol. The van der Waals surface area contributed by atoms with Crippen LogP contribution in [0.2, 0.25) is 0 Å². The number of fused-ring (bicyclic) bond motifs is 1. The molecule has 0 saturated carbocycles. The maximum absolute atomic E-state index is 13.5. The van der Waals surface area contributed by atoms with E-state index in [1.165, 1.54) is 6.07 Å². The largest absolute Gasteiger partial charge is 0.454 e. The van der Waals surface area contributed by atoms with Gasteiger partial charge in [-0.2, -0.15) is 11.8 Å². The lowest BCUT2D eigenvalue weighted by atomic mass is 10.1. The highest BCUT2D eigenvalue weighted by Crippen LogP contribution is 2.34. The third-order valence-corrected chi connectivity index (χ3v) is 5.00. The lowest BCUT2D eigenvalue weighted by Crippen LogP contribution is -2.38. The molecule has 138 valence electrons. The van der Waals surface area contributed by atoms with Crippen LogP contribution in [-0.4, -0.2) is 25.1 Å². The zero-order valence-corrected chi connectivity index (χ0v) is 15.3. The van der Waals surface area contributed by atoms with Crippen molar-refractivity contribution in [3.8, 4) is 11.5 Å². The molecule has 7 heteroatoms. The fraction of sp³-hybridized carbons (Fsp3) is 0.316. The SMILES string of the molecule is CC(NC(=O)NCCSCc1ccccc1F)c1ccc2c(c1)OCO2. The van der Waals surface area contributed by atoms with E-state index in [-0.39, 0.29) is 24.7 Å². The summed E-state index contributed by atoms with van der Waals surface area (Å²) in [6.45, 7) is 2.65. The fourth-order valence-corrected chi connectivity index (χ4v) is 3.39. The van der Waals surface area contributed by atoms with Crippen LogP contribution in [0, 0.1) is 5.82 Å². The lowest BCUT2D eigenvalue weighted by Gasteiger charge is -2.15. The summed E-state index contributed by atoms with van der Waals surface area (Å²) in [5.41, 5.74) is 1.62. The molecule has 0 saturated heterocycles. The van der Waals surface area contributed by atoms with Gasteiger partial charge in [0.05, 0.1) is 6.04 Å². The third kappa shape index (κ3) is 4.82. The van der Waals surface area contributed by atoms with Gasteiger partial charge in [-0.05, 0) is 36.2 Å². The summed E-state index contributed by atoms with van der Waals surface area (Å²) in [7, 11) is 0. The molecule has 2 aromatic rings. The van der Waals surface area contributed by atoms with Crippen molar-refractivity contribution in [2.45, 2.75) is 18.7 Å². The first-order chi connectivity index (χ1) is 12.6. The smallest absolute Gasteiger partial charge is 0.315 e. The van der Waals surface area contributed by atoms with Crippen LogP contribution in [0.1, 0.15) is 24.1 Å². The van der Waals surface area contributed by atoms with E-state index in [1.54, 1.807) is 23.9 Å². The van der Waals surface area contributed by atoms with Crippen molar-refractivity contribution in [2.75, 3.05) is 19.1 Å². The van der Waals surface area contributed by atoms with Gasteiger partial charge in [-0.1, -0.05) is 24.3 Å². The van der Waals surface area contributed by atoms with Gasteiger partial charge in [0, 0.05) is 18.1 Å². The number of rotatable bonds is 7. The van der Waals surface area contributed by atoms with Crippen molar-refractivity contribution in [2.24, 2.45) is 0 Å². The van der Waals surface area contributed by atoms with Gasteiger partial charge in [0.25, 0.3) is 0 Å². The molecule has 26 heavy (non-hydrogen) atoms. The zero-order chi connectivity index (χ0) is 18.4. The minimum absolute atomic E-state index is 0.157. The summed E-state index contributed by atoms with van der Waals surface area (Å²) in [6.07, 6.45) is 0. The third-order valence-electron chi connectivity index (χ3n) is 3.99. The van der Waals surface area contributed by atoms with E-state index in [0.717, 1.165) is 11.3 Å². The van der Waals surface area contributed by atoms with Gasteiger partial charge in [0.2, 0.25) is 6.79 Å². The number of thioether (sulfide) groups is 1. The predicted octanol–water partition coefficient (Wildman–Crippen LogP) is 3.85. The van der Waals surface area contributed by atoms with Crippen LogP contribution in [0.5, 0.6) is 11.5 Å². The van der Waals surface area contributed by atoms with Gasteiger partial charge in [-0.25, -0.2) is 9.18 Å². The van der Waals surface area contributed by atoms with Crippen LogP contribution in [0.4, 0.5) is 9.18 Å². The van der Waals surface area contributed by atoms with Crippen LogP contribution >= 0.6 is 11.8 Å². The Morgan fingerprint density at radius 3 is 2.88 bits per heavy atom. The summed E-state index contributed by atoms with van der Waals surface area (Å²) in [4.78, 5) is 12.0. The minimum Gasteiger partial charge on any atom is -0.454 e. The first-order valence-corrected chi connectivity index (χ1v) is 9.54. The van der Waals surface area contributed by atoms with Crippen molar-refractivity contribution < 1.29 is 18.7 Å². The number of benzene rings is 2. The normalized spacial score (nSPS) is 13.3. The molecule has 0 aromatic heterocycles. The van der Waals surface area contributed by atoms with Gasteiger partial charge in [-0.3, -0.25) is 0 Å². The van der Waals surface area contributed by atoms with Crippen LogP contribution in [0.15, 0.2) is 42.5 Å². The van der Waals surface area contributed by atoms with Crippen LogP contribution in [-0.2, 0) is 5.75 Å². The number of nitrogens with one attached hydrogen (secondary N) is 2. The van der Waals surface area contributed by atoms with Gasteiger partial charge in [0.15, 0.2) is 11.5 Å². The molecule has 2 aromatic carbocycles. The number of amides is 2. The Morgan fingerprint density at radius 2 is 2.04 bits per heavy atom. The molecule has 0 fully saturated rings. The summed E-state index contributed by atoms with van der Waals surface area (Å²) in [5, 5.41) is 5.71. The maximum Gasteiger partial charge on any atom is 0.315 e. The Labute approximate surface area is 156 Å². The first kappa shape index (κ1) is 18.4. The standard InChI is InChI=1S/C19H21FN2O3S/c1-13(14-6-7-17-18(10-14)25-12-24-17)22-19(23)21-8-9-26-11-15-4-2-3-5-16(15)20/h2-7,10,13H,8-9,11-12H2,1H3,(H2,21,22,23). The number of hydrogen-bond donors (Lipinski definition) is 2. The number of ether oxygens (including phenoxy) is 2. The van der Waals surface area contributed by atoms with E-state index < -0.39 is 0 Å². The molecular formula is C19H21FN2O3S. The van der Waals surface area contributed by atoms with Crippen molar-refractivity contribution in [1.82, 2.24) is 10.6 Å². The molecule has 1 unspecified atom stereocenters. The maximum atomic E-state index is 13.5. The van der Waals surface area contributed by atoms with Crippen LogP contribution < -0.4 is 20.1 Å². The van der Waals surface area contributed by atoms with E-state index in [9.17, 15) is 9.18 Å². The van der Waals surface area contributed by atoms with Gasteiger partial charge >= 0.3 is 6.03 Å². The molecule has 0 aliphatic carbocycles. The van der Waals surface area contributed by atoms with Crippen LogP contribution in [0.3, 0.4) is 0 Å². The second kappa shape index (κ2) is 8.80. The van der Waals surface area contributed by atoms with Crippen molar-refractivity contribution in [3.05, 3.63) is 59.4 Å². The Kier molecular flexibility index (Phi) is 6.22. The molecule has 5 nitrogen and oxygen atoms in total. The quantitative estimate of drug-likeness (QED) is 0.721. The number of carbonyl (C=O) groups is 1. The molecule has 1 heterocycles. The highest BCUT2D eigenvalue weighted by atomic mass is 32.2. The summed E-state index contributed by atoms with van der Waals surface area (Å²) >= 11 is 1.58. The molecule has 0 radical (unpaired) electrons. The molecular weight excluding hydrogens is 355 g/mol. The second-order valence-corrected chi connectivity index (χ2v) is 6.98. The van der Waals surface area contributed by atoms with E-state index in [1.807, 2.05) is 31.2 Å². The van der Waals surface area contributed by atoms with Gasteiger partial charge in [0.1, 0.15) is 5.82 Å². The zero-order valence-electron chi connectivity index (χ0n) is 14.5. The summed E-state index contributed by atoms with van der Waals surface area (Å²) < 4.78 is 24.1. The fourth-order valence-electron chi connectivity index (χ4n) is 2.55. The summed E-state index contributed by atoms with van der Waals surface area (Å²) in [6, 6.07) is 12.0. The van der Waals surface area contributed by atoms with Crippen molar-refractivity contribution >= 4 is 17.8 Å². The van der Waals surface area contributed by atoms with Crippen molar-refractivity contribution in [1.29, 1.82) is 0 Å². The Hall–Kier alpha value is -2.41. The Morgan fingerprint density at radius 1 is 1.23 bits per heavy atom. The number of urea groups is 1. The van der Waals surface area contributed by atoms with E-state index in [4.69, 9.17) is 9.47 Å². The molecule has 0 bridgehead atoms. The monoisotopic (exact) mass is 376 g/mol.